The number of phenols is 2. The van der Waals surface area contributed by atoms with Crippen molar-refractivity contribution in [2.45, 2.75) is 59.8 Å². The van der Waals surface area contributed by atoms with Crippen molar-refractivity contribution in [3.05, 3.63) is 39.4 Å². The average Bonchev–Trinajstić information content (AvgIpc) is 2.91. The van der Waals surface area contributed by atoms with Crippen molar-refractivity contribution >= 4 is 34.2 Å². The van der Waals surface area contributed by atoms with E-state index in [4.69, 9.17) is 0 Å². The molecule has 0 aliphatic heterocycles. The fourth-order valence-corrected chi connectivity index (χ4v) is 4.49. The van der Waals surface area contributed by atoms with Crippen molar-refractivity contribution in [3.8, 4) is 11.5 Å². The van der Waals surface area contributed by atoms with Gasteiger partial charge in [0.05, 0.1) is 21.4 Å². The van der Waals surface area contributed by atoms with Gasteiger partial charge in [0.25, 0.3) is 11.8 Å². The van der Waals surface area contributed by atoms with Crippen LogP contribution >= 0.6 is 0 Å². The summed E-state index contributed by atoms with van der Waals surface area (Å²) in [4.78, 5) is 55.0. The van der Waals surface area contributed by atoms with Crippen LogP contribution in [0.3, 0.4) is 0 Å². The summed E-state index contributed by atoms with van der Waals surface area (Å²) in [5, 5.41) is 32.1. The number of carbonyl (C=O) groups excluding carboxylic acids is 3. The number of benzene rings is 2. The molecule has 2 rings (SSSR count). The summed E-state index contributed by atoms with van der Waals surface area (Å²) >= 11 is 0. The summed E-state index contributed by atoms with van der Waals surface area (Å²) in [7, 11) is 1.77. The second-order valence-corrected chi connectivity index (χ2v) is 9.46. The Labute approximate surface area is 229 Å². The van der Waals surface area contributed by atoms with Gasteiger partial charge >= 0.3 is 5.69 Å². The van der Waals surface area contributed by atoms with Crippen molar-refractivity contribution in [1.29, 1.82) is 0 Å². The third-order valence-electron chi connectivity index (χ3n) is 6.91. The Morgan fingerprint density at radius 2 is 1.41 bits per heavy atom. The first-order chi connectivity index (χ1) is 18.5. The van der Waals surface area contributed by atoms with Crippen molar-refractivity contribution < 1.29 is 29.5 Å². The molecule has 11 nitrogen and oxygen atoms in total. The molecule has 0 saturated heterocycles. The van der Waals surface area contributed by atoms with Crippen LogP contribution in [0.2, 0.25) is 0 Å². The Balaban J connectivity index is 2.42. The molecule has 0 radical (unpaired) electrons. The number of carbonyl (C=O) groups is 3. The van der Waals surface area contributed by atoms with Gasteiger partial charge in [0.15, 0.2) is 5.75 Å². The Kier molecular flexibility index (Phi) is 11.5. The van der Waals surface area contributed by atoms with Crippen molar-refractivity contribution in [3.63, 3.8) is 0 Å². The van der Waals surface area contributed by atoms with Gasteiger partial charge in [-0.05, 0) is 63.6 Å². The van der Waals surface area contributed by atoms with Crippen molar-refractivity contribution in [2.75, 3.05) is 39.8 Å². The number of phenolic OH excluding ortho intramolecular Hbond substituents is 2. The Morgan fingerprint density at radius 3 is 1.97 bits per heavy atom. The molecule has 0 saturated carbocycles. The van der Waals surface area contributed by atoms with E-state index >= 15 is 0 Å². The molecule has 0 atom stereocenters. The lowest BCUT2D eigenvalue weighted by Crippen LogP contribution is -2.36. The molecular weight excluding hydrogens is 504 g/mol. The topological polar surface area (TPSA) is 145 Å². The number of nitro groups is 1. The molecular formula is C28H40N4O7. The third-order valence-corrected chi connectivity index (χ3v) is 6.91. The van der Waals surface area contributed by atoms with Crippen LogP contribution in [0.1, 0.15) is 80.5 Å². The fraction of sp³-hybridized carbons (Fsp3) is 0.536. The van der Waals surface area contributed by atoms with Crippen LogP contribution < -0.4 is 0 Å². The number of amides is 3. The summed E-state index contributed by atoms with van der Waals surface area (Å²) in [5.74, 6) is -2.38. The first-order valence-electron chi connectivity index (χ1n) is 13.5. The zero-order chi connectivity index (χ0) is 29.3. The monoisotopic (exact) mass is 544 g/mol. The number of nitro benzene ring substituents is 1. The number of hydrogen-bond acceptors (Lipinski definition) is 7. The summed E-state index contributed by atoms with van der Waals surface area (Å²) in [6, 6.07) is 3.76. The lowest BCUT2D eigenvalue weighted by atomic mass is 9.97. The van der Waals surface area contributed by atoms with Gasteiger partial charge in [-0.3, -0.25) is 24.5 Å². The number of rotatable bonds is 14. The number of nitrogens with zero attached hydrogens (tertiary/aromatic N) is 4. The van der Waals surface area contributed by atoms with Crippen molar-refractivity contribution in [2.24, 2.45) is 0 Å². The van der Waals surface area contributed by atoms with E-state index in [1.807, 2.05) is 13.8 Å². The molecule has 2 aromatic rings. The van der Waals surface area contributed by atoms with Crippen LogP contribution in [0.4, 0.5) is 5.69 Å². The Bertz CT molecular complexity index is 1210. The molecule has 0 aromatic heterocycles. The summed E-state index contributed by atoms with van der Waals surface area (Å²) in [5.41, 5.74) is -0.681. The normalized spacial score (nSPS) is 10.9. The van der Waals surface area contributed by atoms with Crippen LogP contribution in [0.15, 0.2) is 18.2 Å². The number of fused-ring (bicyclic) bond motifs is 1. The molecule has 39 heavy (non-hydrogen) atoms. The second-order valence-electron chi connectivity index (χ2n) is 9.46. The molecule has 2 aromatic carbocycles. The van der Waals surface area contributed by atoms with E-state index in [1.165, 1.54) is 17.0 Å². The molecule has 11 heteroatoms. The Hall–Kier alpha value is -3.89. The maximum absolute atomic E-state index is 13.7. The molecule has 214 valence electrons. The SMILES string of the molecule is CCCCC(=O)N(C)CCCCN(CC)C(=O)c1cc2cc(O)c(O)c([N+](=O)[O-])c2cc1C(=O)N(CC)CC. The Morgan fingerprint density at radius 1 is 0.846 bits per heavy atom. The minimum atomic E-state index is -0.902. The number of hydrogen-bond donors (Lipinski definition) is 2. The summed E-state index contributed by atoms with van der Waals surface area (Å²) in [6.45, 7) is 9.50. The highest BCUT2D eigenvalue weighted by atomic mass is 16.6. The zero-order valence-electron chi connectivity index (χ0n) is 23.5. The van der Waals surface area contributed by atoms with Gasteiger partial charge in [0.2, 0.25) is 11.7 Å². The lowest BCUT2D eigenvalue weighted by molar-refractivity contribution is -0.384. The molecule has 0 heterocycles. The van der Waals surface area contributed by atoms with E-state index in [9.17, 15) is 34.7 Å². The van der Waals surface area contributed by atoms with E-state index < -0.39 is 33.9 Å². The van der Waals surface area contributed by atoms with Crippen LogP contribution in [0.5, 0.6) is 11.5 Å². The van der Waals surface area contributed by atoms with Gasteiger partial charge in [-0.15, -0.1) is 0 Å². The summed E-state index contributed by atoms with van der Waals surface area (Å²) < 4.78 is 0. The van der Waals surface area contributed by atoms with Crippen LogP contribution in [-0.2, 0) is 4.79 Å². The van der Waals surface area contributed by atoms with Gasteiger partial charge in [0, 0.05) is 46.2 Å². The second kappa shape index (κ2) is 14.3. The lowest BCUT2D eigenvalue weighted by Gasteiger charge is -2.25. The first kappa shape index (κ1) is 31.3. The maximum Gasteiger partial charge on any atom is 0.322 e. The van der Waals surface area contributed by atoms with Gasteiger partial charge in [0.1, 0.15) is 0 Å². The quantitative estimate of drug-likeness (QED) is 0.154. The molecule has 2 N–H and O–H groups in total. The molecule has 0 fully saturated rings. The fourth-order valence-electron chi connectivity index (χ4n) is 4.49. The predicted molar refractivity (Wildman–Crippen MR) is 149 cm³/mol. The van der Waals surface area contributed by atoms with Crippen molar-refractivity contribution in [1.82, 2.24) is 14.7 Å². The molecule has 0 aliphatic rings. The largest absolute Gasteiger partial charge is 0.504 e. The van der Waals surface area contributed by atoms with E-state index in [0.717, 1.165) is 18.9 Å². The highest BCUT2D eigenvalue weighted by Gasteiger charge is 2.29. The maximum atomic E-state index is 13.7. The first-order valence-corrected chi connectivity index (χ1v) is 13.5. The van der Waals surface area contributed by atoms with E-state index in [0.29, 0.717) is 52.0 Å². The van der Waals surface area contributed by atoms with Gasteiger partial charge in [-0.1, -0.05) is 13.3 Å². The molecule has 0 spiro atoms. The number of aromatic hydroxyl groups is 2. The highest BCUT2D eigenvalue weighted by molar-refractivity contribution is 6.12. The minimum Gasteiger partial charge on any atom is -0.504 e. The highest BCUT2D eigenvalue weighted by Crippen LogP contribution is 2.42. The third kappa shape index (κ3) is 7.36. The van der Waals surface area contributed by atoms with Crippen LogP contribution in [-0.4, -0.2) is 87.3 Å². The van der Waals surface area contributed by atoms with E-state index in [2.05, 4.69) is 0 Å². The van der Waals surface area contributed by atoms with Crippen LogP contribution in [0, 0.1) is 10.1 Å². The van der Waals surface area contributed by atoms with Crippen LogP contribution in [0.25, 0.3) is 10.8 Å². The van der Waals surface area contributed by atoms with E-state index in [1.54, 1.807) is 30.7 Å². The molecule has 3 amide bonds. The summed E-state index contributed by atoms with van der Waals surface area (Å²) in [6.07, 6.45) is 3.65. The standard InChI is InChI=1S/C28H40N4O7/c1-6-10-13-24(34)29(5)14-11-12-15-31(9-4)28(37)21-16-19-17-23(33)26(35)25(32(38)39)20(19)18-22(21)27(36)30(7-2)8-3/h16-18,33,35H,6-15H2,1-5H3. The average molecular weight is 545 g/mol. The number of unbranched alkanes of at least 4 members (excludes halogenated alkanes) is 2. The van der Waals surface area contributed by atoms with Gasteiger partial charge < -0.3 is 24.9 Å². The molecule has 0 bridgehead atoms. The van der Waals surface area contributed by atoms with Gasteiger partial charge in [-0.2, -0.15) is 0 Å². The smallest absolute Gasteiger partial charge is 0.322 e. The molecule has 0 unspecified atom stereocenters. The zero-order valence-corrected chi connectivity index (χ0v) is 23.5. The molecule has 0 aliphatic carbocycles. The predicted octanol–water partition coefficient (Wildman–Crippen LogP) is 4.53. The van der Waals surface area contributed by atoms with Gasteiger partial charge in [-0.25, -0.2) is 0 Å². The van der Waals surface area contributed by atoms with E-state index in [-0.39, 0.29) is 27.8 Å². The minimum absolute atomic E-state index is 0.0101.